The van der Waals surface area contributed by atoms with Crippen LogP contribution >= 0.6 is 0 Å². The number of aliphatic hydroxyl groups excluding tert-OH is 1. The predicted octanol–water partition coefficient (Wildman–Crippen LogP) is 6.63. The summed E-state index contributed by atoms with van der Waals surface area (Å²) in [4.78, 5) is 16.1. The second-order valence-corrected chi connectivity index (χ2v) is 18.1. The molecule has 0 saturated heterocycles. The van der Waals surface area contributed by atoms with E-state index in [1.165, 1.54) is 5.56 Å². The van der Waals surface area contributed by atoms with Crippen LogP contribution in [0.25, 0.3) is 10.9 Å². The molecule has 242 valence electrons. The molecule has 9 heteroatoms. The highest BCUT2D eigenvalue weighted by molar-refractivity contribution is 6.74. The third-order valence-corrected chi connectivity index (χ3v) is 13.3. The largest absolute Gasteiger partial charge is 0.508 e. The number of H-pyrrole nitrogens is 1. The van der Waals surface area contributed by atoms with Gasteiger partial charge in [-0.15, -0.1) is 0 Å². The Bertz CT molecular complexity index is 1590. The Hall–Kier alpha value is -3.63. The van der Waals surface area contributed by atoms with Crippen molar-refractivity contribution < 1.29 is 24.2 Å². The van der Waals surface area contributed by atoms with Crippen molar-refractivity contribution in [3.63, 3.8) is 0 Å². The molecule has 4 rings (SSSR count). The summed E-state index contributed by atoms with van der Waals surface area (Å²) in [6.45, 7) is 14.2. The monoisotopic (exact) mass is 631 g/mol. The number of rotatable bonds is 14. The maximum absolute atomic E-state index is 12.9. The van der Waals surface area contributed by atoms with E-state index in [1.807, 2.05) is 48.5 Å². The van der Waals surface area contributed by atoms with Gasteiger partial charge < -0.3 is 35.0 Å². The number of carbonyl (C=O) groups is 1. The first-order valence-electron chi connectivity index (χ1n) is 15.7. The number of aromatic hydroxyl groups is 1. The zero-order valence-electron chi connectivity index (χ0n) is 27.7. The van der Waals surface area contributed by atoms with E-state index < -0.39 is 8.32 Å². The number of aromatic nitrogens is 1. The predicted molar refractivity (Wildman–Crippen MR) is 184 cm³/mol. The van der Waals surface area contributed by atoms with Crippen LogP contribution in [0.5, 0.6) is 11.5 Å². The van der Waals surface area contributed by atoms with E-state index in [0.29, 0.717) is 24.3 Å². The number of benzene rings is 3. The topological polar surface area (TPSA) is 116 Å². The number of nitrogens with one attached hydrogen (secondary N) is 3. The number of methoxy groups -OCH3 is 1. The van der Waals surface area contributed by atoms with Crippen molar-refractivity contribution in [2.45, 2.75) is 77.4 Å². The maximum atomic E-state index is 12.9. The summed E-state index contributed by atoms with van der Waals surface area (Å²) < 4.78 is 12.1. The second kappa shape index (κ2) is 14.6. The minimum Gasteiger partial charge on any atom is -0.508 e. The maximum Gasteiger partial charge on any atom is 0.267 e. The molecular formula is C36H49N3O5Si. The third-order valence-electron chi connectivity index (χ3n) is 8.85. The number of ether oxygens (including phenoxy) is 1. The number of phenols is 1. The highest BCUT2D eigenvalue weighted by Crippen LogP contribution is 2.40. The number of hydrogen-bond donors (Lipinski definition) is 5. The molecule has 1 aromatic heterocycles. The van der Waals surface area contributed by atoms with Gasteiger partial charge in [0.2, 0.25) is 0 Å². The smallest absolute Gasteiger partial charge is 0.267 e. The second-order valence-electron chi connectivity index (χ2n) is 13.4. The van der Waals surface area contributed by atoms with Gasteiger partial charge >= 0.3 is 0 Å². The zero-order chi connectivity index (χ0) is 32.8. The number of carbonyl (C=O) groups excluding carboxylic acids is 1. The van der Waals surface area contributed by atoms with Crippen LogP contribution in [0, 0.1) is 0 Å². The average Bonchev–Trinajstić information content (AvgIpc) is 3.43. The summed E-state index contributed by atoms with van der Waals surface area (Å²) >= 11 is 0. The van der Waals surface area contributed by atoms with Gasteiger partial charge in [0.05, 0.1) is 19.8 Å². The summed E-state index contributed by atoms with van der Waals surface area (Å²) in [7, 11) is -0.464. The Balaban J connectivity index is 1.38. The molecule has 4 aromatic rings. The first-order chi connectivity index (χ1) is 21.3. The van der Waals surface area contributed by atoms with Crippen LogP contribution in [0.1, 0.15) is 66.5 Å². The van der Waals surface area contributed by atoms with Gasteiger partial charge in [0.25, 0.3) is 5.91 Å². The minimum atomic E-state index is -2.11. The standard InChI is InChI=1S/C36H49N3O5Si/c1-24(38-22-34(44-45(6,7)36(2,3)4)27-12-14-33(41)29(20-27)23-40)17-26-11-13-31-28(18-26)21-32(39-31)35(42)37-16-15-25-9-8-10-30(19-25)43-5/h8-14,18-21,24,34,38-41H,15-17,22-23H2,1-7H3,(H,37,42)/t24-,34+/m1/s1. The van der Waals surface area contributed by atoms with Crippen molar-refractivity contribution in [1.29, 1.82) is 0 Å². The zero-order valence-corrected chi connectivity index (χ0v) is 28.7. The van der Waals surface area contributed by atoms with Gasteiger partial charge in [-0.1, -0.05) is 45.0 Å². The molecule has 45 heavy (non-hydrogen) atoms. The van der Waals surface area contributed by atoms with Gasteiger partial charge in [0.15, 0.2) is 8.32 Å². The first-order valence-corrected chi connectivity index (χ1v) is 18.6. The molecule has 0 aliphatic rings. The molecule has 0 unspecified atom stereocenters. The fourth-order valence-corrected chi connectivity index (χ4v) is 6.39. The van der Waals surface area contributed by atoms with Gasteiger partial charge in [0.1, 0.15) is 17.2 Å². The van der Waals surface area contributed by atoms with Crippen LogP contribution in [0.3, 0.4) is 0 Å². The number of hydrogen-bond acceptors (Lipinski definition) is 6. The number of aromatic amines is 1. The Labute approximate surface area is 268 Å². The van der Waals surface area contributed by atoms with Crippen molar-refractivity contribution in [2.24, 2.45) is 0 Å². The SMILES string of the molecule is COc1cccc(CCNC(=O)c2cc3cc(C[C@@H](C)NC[C@H](O[Si](C)(C)C(C)(C)C)c4ccc(O)c(CO)c4)ccc3[nH]2)c1. The van der Waals surface area contributed by atoms with Crippen molar-refractivity contribution in [3.8, 4) is 11.5 Å². The molecule has 2 atom stereocenters. The van der Waals surface area contributed by atoms with Crippen molar-refractivity contribution in [1.82, 2.24) is 15.6 Å². The molecular weight excluding hydrogens is 582 g/mol. The van der Waals surface area contributed by atoms with E-state index in [2.05, 4.69) is 68.5 Å². The third kappa shape index (κ3) is 8.98. The van der Waals surface area contributed by atoms with Crippen LogP contribution in [-0.4, -0.2) is 55.7 Å². The van der Waals surface area contributed by atoms with Gasteiger partial charge in [-0.25, -0.2) is 0 Å². The molecule has 0 fully saturated rings. The lowest BCUT2D eigenvalue weighted by atomic mass is 10.0. The molecule has 0 spiro atoms. The van der Waals surface area contributed by atoms with Crippen molar-refractivity contribution in [2.75, 3.05) is 20.2 Å². The summed E-state index contributed by atoms with van der Waals surface area (Å²) in [5.41, 5.74) is 5.17. The molecule has 8 nitrogen and oxygen atoms in total. The first kappa shape index (κ1) is 34.2. The van der Waals surface area contributed by atoms with Crippen LogP contribution in [-0.2, 0) is 23.9 Å². The molecule has 1 heterocycles. The van der Waals surface area contributed by atoms with Crippen LogP contribution < -0.4 is 15.4 Å². The fourth-order valence-electron chi connectivity index (χ4n) is 5.10. The normalized spacial score (nSPS) is 13.5. The lowest BCUT2D eigenvalue weighted by Gasteiger charge is -2.40. The summed E-state index contributed by atoms with van der Waals surface area (Å²) in [6, 6.07) is 21.5. The molecule has 5 N–H and O–H groups in total. The Kier molecular flexibility index (Phi) is 11.1. The summed E-state index contributed by atoms with van der Waals surface area (Å²) in [5.74, 6) is 0.766. The van der Waals surface area contributed by atoms with E-state index in [-0.39, 0.29) is 35.4 Å². The molecule has 0 bridgehead atoms. The number of aliphatic hydroxyl groups is 1. The summed E-state index contributed by atoms with van der Waals surface area (Å²) in [6.07, 6.45) is 1.29. The Morgan fingerprint density at radius 1 is 1.02 bits per heavy atom. The molecule has 0 aliphatic heterocycles. The van der Waals surface area contributed by atoms with E-state index >= 15 is 0 Å². The lowest BCUT2D eigenvalue weighted by molar-refractivity contribution is 0.0950. The Morgan fingerprint density at radius 2 is 1.80 bits per heavy atom. The molecule has 0 radical (unpaired) electrons. The average molecular weight is 632 g/mol. The molecule has 0 saturated carbocycles. The van der Waals surface area contributed by atoms with Gasteiger partial charge in [-0.05, 0) is 97.1 Å². The Morgan fingerprint density at radius 3 is 2.51 bits per heavy atom. The van der Waals surface area contributed by atoms with Gasteiger partial charge in [0, 0.05) is 35.6 Å². The molecule has 1 amide bonds. The number of amides is 1. The molecule has 3 aromatic carbocycles. The highest BCUT2D eigenvalue weighted by atomic mass is 28.4. The molecule has 0 aliphatic carbocycles. The van der Waals surface area contributed by atoms with E-state index in [0.717, 1.165) is 40.6 Å². The van der Waals surface area contributed by atoms with Crippen molar-refractivity contribution >= 4 is 25.1 Å². The van der Waals surface area contributed by atoms with Gasteiger partial charge in [-0.3, -0.25) is 4.79 Å². The van der Waals surface area contributed by atoms with Crippen molar-refractivity contribution in [3.05, 3.63) is 94.7 Å². The van der Waals surface area contributed by atoms with E-state index in [9.17, 15) is 15.0 Å². The van der Waals surface area contributed by atoms with Crippen LogP contribution in [0.4, 0.5) is 0 Å². The van der Waals surface area contributed by atoms with E-state index in [4.69, 9.17) is 9.16 Å². The minimum absolute atomic E-state index is 0.0331. The fraction of sp³-hybridized carbons (Fsp3) is 0.417. The summed E-state index contributed by atoms with van der Waals surface area (Å²) in [5, 5.41) is 27.6. The van der Waals surface area contributed by atoms with Gasteiger partial charge in [-0.2, -0.15) is 0 Å². The lowest BCUT2D eigenvalue weighted by Crippen LogP contribution is -2.44. The quantitative estimate of drug-likeness (QED) is 0.0998. The highest BCUT2D eigenvalue weighted by Gasteiger charge is 2.39. The number of fused-ring (bicyclic) bond motifs is 1. The van der Waals surface area contributed by atoms with Crippen LogP contribution in [0.2, 0.25) is 18.1 Å². The van der Waals surface area contributed by atoms with E-state index in [1.54, 1.807) is 13.2 Å². The van der Waals surface area contributed by atoms with Crippen LogP contribution in [0.15, 0.2) is 66.7 Å².